The van der Waals surface area contributed by atoms with Gasteiger partial charge in [0.25, 0.3) is 0 Å². The van der Waals surface area contributed by atoms with E-state index in [-0.39, 0.29) is 16.7 Å². The Hall–Kier alpha value is -2.95. The molecule has 0 saturated heterocycles. The summed E-state index contributed by atoms with van der Waals surface area (Å²) in [5.41, 5.74) is 0.419. The van der Waals surface area contributed by atoms with Crippen LogP contribution >= 0.6 is 0 Å². The lowest BCUT2D eigenvalue weighted by atomic mass is 10.1. The van der Waals surface area contributed by atoms with Gasteiger partial charge in [-0.25, -0.2) is 14.4 Å². The standard InChI is InChI=1S/C15H8O5/c16-13(19-10-4-2-1-3-5-10)9-6-7-11-12(8-9)15(18)20-14(11)17/h1-8H. The van der Waals surface area contributed by atoms with Crippen molar-refractivity contribution in [3.05, 3.63) is 65.2 Å². The summed E-state index contributed by atoms with van der Waals surface area (Å²) in [6, 6.07) is 12.7. The van der Waals surface area contributed by atoms with E-state index >= 15 is 0 Å². The second-order valence-electron chi connectivity index (χ2n) is 4.14. The van der Waals surface area contributed by atoms with Crippen LogP contribution in [0.2, 0.25) is 0 Å². The number of rotatable bonds is 2. The largest absolute Gasteiger partial charge is 0.423 e. The summed E-state index contributed by atoms with van der Waals surface area (Å²) in [5, 5.41) is 0. The van der Waals surface area contributed by atoms with Gasteiger partial charge < -0.3 is 9.47 Å². The molecule has 0 bridgehead atoms. The number of fused-ring (bicyclic) bond motifs is 1. The van der Waals surface area contributed by atoms with E-state index in [9.17, 15) is 14.4 Å². The zero-order valence-electron chi connectivity index (χ0n) is 10.2. The van der Waals surface area contributed by atoms with Gasteiger partial charge in [-0.2, -0.15) is 0 Å². The minimum Gasteiger partial charge on any atom is -0.423 e. The summed E-state index contributed by atoms with van der Waals surface area (Å²) >= 11 is 0. The summed E-state index contributed by atoms with van der Waals surface area (Å²) in [4.78, 5) is 34.6. The lowest BCUT2D eigenvalue weighted by molar-refractivity contribution is 0.0443. The highest BCUT2D eigenvalue weighted by atomic mass is 16.6. The second kappa shape index (κ2) is 4.62. The Morgan fingerprint density at radius 2 is 1.60 bits per heavy atom. The van der Waals surface area contributed by atoms with E-state index in [4.69, 9.17) is 4.74 Å². The Kier molecular flexibility index (Phi) is 2.80. The normalized spacial score (nSPS) is 12.8. The van der Waals surface area contributed by atoms with Crippen LogP contribution in [0.3, 0.4) is 0 Å². The molecule has 5 heteroatoms. The van der Waals surface area contributed by atoms with Crippen LogP contribution in [0, 0.1) is 0 Å². The molecule has 20 heavy (non-hydrogen) atoms. The Morgan fingerprint density at radius 3 is 2.35 bits per heavy atom. The van der Waals surface area contributed by atoms with E-state index in [1.54, 1.807) is 30.3 Å². The van der Waals surface area contributed by atoms with Gasteiger partial charge in [0, 0.05) is 0 Å². The van der Waals surface area contributed by atoms with Crippen molar-refractivity contribution in [2.45, 2.75) is 0 Å². The average Bonchev–Trinajstić information content (AvgIpc) is 2.75. The van der Waals surface area contributed by atoms with Crippen LogP contribution in [0.4, 0.5) is 0 Å². The molecular weight excluding hydrogens is 260 g/mol. The zero-order valence-corrected chi connectivity index (χ0v) is 10.2. The molecule has 0 atom stereocenters. The summed E-state index contributed by atoms with van der Waals surface area (Å²) in [5.74, 6) is -1.66. The molecular formula is C15H8O5. The first kappa shape index (κ1) is 12.1. The topological polar surface area (TPSA) is 69.7 Å². The van der Waals surface area contributed by atoms with Gasteiger partial charge in [0.2, 0.25) is 0 Å². The Labute approximate surface area is 113 Å². The monoisotopic (exact) mass is 268 g/mol. The van der Waals surface area contributed by atoms with Crippen LogP contribution in [0.15, 0.2) is 48.5 Å². The summed E-state index contributed by atoms with van der Waals surface area (Å²) < 4.78 is 9.60. The number of ether oxygens (including phenoxy) is 2. The summed E-state index contributed by atoms with van der Waals surface area (Å²) in [6.45, 7) is 0. The molecule has 1 aliphatic heterocycles. The molecule has 0 aromatic heterocycles. The first-order valence-electron chi connectivity index (χ1n) is 5.83. The maximum absolute atomic E-state index is 11.9. The molecule has 1 aliphatic rings. The molecule has 0 saturated carbocycles. The minimum atomic E-state index is -0.751. The Bertz CT molecular complexity index is 718. The van der Waals surface area contributed by atoms with Crippen molar-refractivity contribution in [3.63, 3.8) is 0 Å². The van der Waals surface area contributed by atoms with Crippen molar-refractivity contribution in [1.82, 2.24) is 0 Å². The number of carbonyl (C=O) groups is 3. The predicted molar refractivity (Wildman–Crippen MR) is 67.6 cm³/mol. The number of benzene rings is 2. The quantitative estimate of drug-likeness (QED) is 0.474. The highest BCUT2D eigenvalue weighted by Crippen LogP contribution is 2.22. The summed E-state index contributed by atoms with van der Waals surface area (Å²) in [7, 11) is 0. The molecule has 0 aliphatic carbocycles. The van der Waals surface area contributed by atoms with E-state index in [1.807, 2.05) is 0 Å². The number of cyclic esters (lactones) is 2. The second-order valence-corrected chi connectivity index (χ2v) is 4.14. The Morgan fingerprint density at radius 1 is 0.900 bits per heavy atom. The molecule has 0 radical (unpaired) electrons. The molecule has 0 unspecified atom stereocenters. The fraction of sp³-hybridized carbons (Fsp3) is 0. The van der Waals surface area contributed by atoms with Crippen molar-refractivity contribution in [1.29, 1.82) is 0 Å². The highest BCUT2D eigenvalue weighted by molar-refractivity contribution is 6.15. The van der Waals surface area contributed by atoms with Crippen LogP contribution in [0.25, 0.3) is 0 Å². The van der Waals surface area contributed by atoms with E-state index in [2.05, 4.69) is 4.74 Å². The van der Waals surface area contributed by atoms with Crippen molar-refractivity contribution in [2.24, 2.45) is 0 Å². The Balaban J connectivity index is 1.89. The number of carbonyl (C=O) groups excluding carboxylic acids is 3. The molecule has 2 aromatic rings. The average molecular weight is 268 g/mol. The third kappa shape index (κ3) is 2.05. The van der Waals surface area contributed by atoms with Crippen LogP contribution < -0.4 is 4.74 Å². The molecule has 0 amide bonds. The van der Waals surface area contributed by atoms with E-state index in [0.717, 1.165) is 0 Å². The lowest BCUT2D eigenvalue weighted by Gasteiger charge is -2.04. The maximum Gasteiger partial charge on any atom is 0.346 e. The van der Waals surface area contributed by atoms with Crippen molar-refractivity contribution in [3.8, 4) is 5.75 Å². The third-order valence-corrected chi connectivity index (χ3v) is 2.83. The van der Waals surface area contributed by atoms with E-state index < -0.39 is 17.9 Å². The maximum atomic E-state index is 11.9. The van der Waals surface area contributed by atoms with Crippen molar-refractivity contribution in [2.75, 3.05) is 0 Å². The molecule has 1 heterocycles. The van der Waals surface area contributed by atoms with Crippen LogP contribution in [-0.2, 0) is 4.74 Å². The first-order valence-corrected chi connectivity index (χ1v) is 5.83. The van der Waals surface area contributed by atoms with Gasteiger partial charge in [-0.1, -0.05) is 18.2 Å². The number of esters is 3. The van der Waals surface area contributed by atoms with Crippen LogP contribution in [0.1, 0.15) is 31.1 Å². The van der Waals surface area contributed by atoms with Gasteiger partial charge in [0.05, 0.1) is 16.7 Å². The number of hydrogen-bond donors (Lipinski definition) is 0. The number of para-hydroxylation sites is 1. The number of hydrogen-bond acceptors (Lipinski definition) is 5. The van der Waals surface area contributed by atoms with Gasteiger partial charge in [-0.3, -0.25) is 0 Å². The molecule has 98 valence electrons. The summed E-state index contributed by atoms with van der Waals surface area (Å²) in [6.07, 6.45) is 0. The van der Waals surface area contributed by atoms with Crippen molar-refractivity contribution < 1.29 is 23.9 Å². The SMILES string of the molecule is O=C(Oc1ccccc1)c1ccc2c(c1)C(=O)OC2=O. The molecule has 0 spiro atoms. The van der Waals surface area contributed by atoms with Crippen molar-refractivity contribution >= 4 is 17.9 Å². The molecule has 0 N–H and O–H groups in total. The van der Waals surface area contributed by atoms with Gasteiger partial charge in [0.1, 0.15) is 5.75 Å². The van der Waals surface area contributed by atoms with Gasteiger partial charge >= 0.3 is 17.9 Å². The van der Waals surface area contributed by atoms with E-state index in [1.165, 1.54) is 18.2 Å². The molecule has 0 fully saturated rings. The minimum absolute atomic E-state index is 0.0810. The van der Waals surface area contributed by atoms with Crippen LogP contribution in [0.5, 0.6) is 5.75 Å². The molecule has 2 aromatic carbocycles. The van der Waals surface area contributed by atoms with Crippen LogP contribution in [-0.4, -0.2) is 17.9 Å². The molecule has 3 rings (SSSR count). The highest BCUT2D eigenvalue weighted by Gasteiger charge is 2.30. The first-order chi connectivity index (χ1) is 9.65. The smallest absolute Gasteiger partial charge is 0.346 e. The van der Waals surface area contributed by atoms with Gasteiger partial charge in [0.15, 0.2) is 0 Å². The zero-order chi connectivity index (χ0) is 14.1. The fourth-order valence-electron chi connectivity index (χ4n) is 1.87. The van der Waals surface area contributed by atoms with Gasteiger partial charge in [-0.15, -0.1) is 0 Å². The predicted octanol–water partition coefficient (Wildman–Crippen LogP) is 2.22. The third-order valence-electron chi connectivity index (χ3n) is 2.83. The fourth-order valence-corrected chi connectivity index (χ4v) is 1.87. The van der Waals surface area contributed by atoms with E-state index in [0.29, 0.717) is 5.75 Å². The lowest BCUT2D eigenvalue weighted by Crippen LogP contribution is -2.09. The molecule has 5 nitrogen and oxygen atoms in total. The van der Waals surface area contributed by atoms with Gasteiger partial charge in [-0.05, 0) is 30.3 Å².